The minimum Gasteiger partial charge on any atom is -0.342 e. The molecule has 1 aliphatic heterocycles. The van der Waals surface area contributed by atoms with E-state index in [1.165, 1.54) is 12.1 Å². The summed E-state index contributed by atoms with van der Waals surface area (Å²) in [5.74, 6) is -0.00895. The van der Waals surface area contributed by atoms with Crippen molar-refractivity contribution >= 4 is 33.4 Å². The molecule has 1 heterocycles. The number of likely N-dealkylation sites (N-methyl/N-ethyl adjacent to an activating group) is 1. The summed E-state index contributed by atoms with van der Waals surface area (Å²) in [4.78, 5) is 30.1. The van der Waals surface area contributed by atoms with Crippen LogP contribution >= 0.6 is 11.6 Å². The second-order valence-electron chi connectivity index (χ2n) is 6.80. The number of rotatable bonds is 9. The molecule has 1 saturated heterocycles. The van der Waals surface area contributed by atoms with Crippen LogP contribution in [0.3, 0.4) is 0 Å². The molecular weight excluding hydrogens is 416 g/mol. The number of carbonyl (C=O) groups is 2. The third-order valence-corrected chi connectivity index (χ3v) is 6.92. The molecule has 0 saturated carbocycles. The summed E-state index contributed by atoms with van der Waals surface area (Å²) in [6.07, 6.45) is 0.0715. The lowest BCUT2D eigenvalue weighted by molar-refractivity contribution is -0.134. The van der Waals surface area contributed by atoms with Crippen LogP contribution in [0.4, 0.5) is 0 Å². The number of nitrogens with one attached hydrogen (secondary N) is 1. The third kappa shape index (κ3) is 6.67. The van der Waals surface area contributed by atoms with E-state index in [2.05, 4.69) is 4.72 Å². The lowest BCUT2D eigenvalue weighted by atomic mass is 10.2. The van der Waals surface area contributed by atoms with Gasteiger partial charge in [0.05, 0.1) is 11.6 Å². The Labute approximate surface area is 177 Å². The Morgan fingerprint density at radius 3 is 2.31 bits per heavy atom. The van der Waals surface area contributed by atoms with Gasteiger partial charge in [-0.3, -0.25) is 14.5 Å². The number of benzene rings is 1. The molecule has 0 aliphatic carbocycles. The van der Waals surface area contributed by atoms with Crippen molar-refractivity contribution in [3.8, 4) is 0 Å². The minimum absolute atomic E-state index is 0.000555. The number of sulfonamides is 1. The Hall–Kier alpha value is -1.68. The van der Waals surface area contributed by atoms with Gasteiger partial charge < -0.3 is 9.80 Å². The summed E-state index contributed by atoms with van der Waals surface area (Å²) >= 11 is 5.93. The molecule has 0 radical (unpaired) electrons. The van der Waals surface area contributed by atoms with Crippen LogP contribution in [0.15, 0.2) is 29.2 Å². The summed E-state index contributed by atoms with van der Waals surface area (Å²) in [6.45, 7) is 7.98. The Kier molecular flexibility index (Phi) is 8.88. The maximum absolute atomic E-state index is 12.4. The zero-order valence-corrected chi connectivity index (χ0v) is 18.5. The Balaban J connectivity index is 1.76. The number of carbonyl (C=O) groups excluding carboxylic acids is 2. The molecule has 1 fully saturated rings. The van der Waals surface area contributed by atoms with Crippen LogP contribution in [-0.4, -0.2) is 87.3 Å². The summed E-state index contributed by atoms with van der Waals surface area (Å²) in [5.41, 5.74) is 0. The SMILES string of the molecule is CCN(CC)C(=O)CN1CCN(C(=O)CCNS(=O)(=O)c2ccccc2Cl)CC1. The lowest BCUT2D eigenvalue weighted by Crippen LogP contribution is -2.51. The summed E-state index contributed by atoms with van der Waals surface area (Å²) in [5, 5.41) is 0.140. The summed E-state index contributed by atoms with van der Waals surface area (Å²) in [6, 6.07) is 6.17. The van der Waals surface area contributed by atoms with E-state index in [1.807, 2.05) is 18.7 Å². The fourth-order valence-corrected chi connectivity index (χ4v) is 4.76. The smallest absolute Gasteiger partial charge is 0.242 e. The normalized spacial score (nSPS) is 15.3. The van der Waals surface area contributed by atoms with Crippen molar-refractivity contribution in [3.63, 3.8) is 0 Å². The van der Waals surface area contributed by atoms with Crippen LogP contribution in [0.2, 0.25) is 5.02 Å². The van der Waals surface area contributed by atoms with Gasteiger partial charge in [-0.1, -0.05) is 23.7 Å². The molecule has 0 bridgehead atoms. The first-order valence-electron chi connectivity index (χ1n) is 9.80. The highest BCUT2D eigenvalue weighted by molar-refractivity contribution is 7.89. The number of halogens is 1. The molecule has 1 aliphatic rings. The first-order valence-corrected chi connectivity index (χ1v) is 11.7. The van der Waals surface area contributed by atoms with Crippen LogP contribution in [0.5, 0.6) is 0 Å². The Morgan fingerprint density at radius 1 is 1.10 bits per heavy atom. The van der Waals surface area contributed by atoms with Gasteiger partial charge >= 0.3 is 0 Å². The summed E-state index contributed by atoms with van der Waals surface area (Å²) in [7, 11) is -3.76. The average molecular weight is 445 g/mol. The molecule has 10 heteroatoms. The van der Waals surface area contributed by atoms with Gasteiger partial charge in [-0.15, -0.1) is 0 Å². The molecule has 8 nitrogen and oxygen atoms in total. The van der Waals surface area contributed by atoms with Gasteiger partial charge in [-0.25, -0.2) is 13.1 Å². The van der Waals surface area contributed by atoms with Crippen molar-refractivity contribution in [2.75, 3.05) is 52.4 Å². The number of hydrogen-bond donors (Lipinski definition) is 1. The molecule has 0 spiro atoms. The maximum Gasteiger partial charge on any atom is 0.242 e. The van der Waals surface area contributed by atoms with Gasteiger partial charge in [0.2, 0.25) is 21.8 Å². The Morgan fingerprint density at radius 2 is 1.72 bits per heavy atom. The van der Waals surface area contributed by atoms with E-state index in [0.717, 1.165) is 0 Å². The highest BCUT2D eigenvalue weighted by Gasteiger charge is 2.24. The number of amides is 2. The van der Waals surface area contributed by atoms with E-state index in [4.69, 9.17) is 11.6 Å². The minimum atomic E-state index is -3.76. The van der Waals surface area contributed by atoms with Gasteiger partial charge in [0, 0.05) is 52.2 Å². The van der Waals surface area contributed by atoms with E-state index in [1.54, 1.807) is 21.9 Å². The van der Waals surface area contributed by atoms with Crippen LogP contribution in [0.25, 0.3) is 0 Å². The van der Waals surface area contributed by atoms with Crippen molar-refractivity contribution in [2.24, 2.45) is 0 Å². The average Bonchev–Trinajstić information content (AvgIpc) is 2.69. The molecule has 0 unspecified atom stereocenters. The molecule has 0 aromatic heterocycles. The van der Waals surface area contributed by atoms with Crippen molar-refractivity contribution in [3.05, 3.63) is 29.3 Å². The van der Waals surface area contributed by atoms with Crippen LogP contribution in [0.1, 0.15) is 20.3 Å². The fourth-order valence-electron chi connectivity index (χ4n) is 3.21. The lowest BCUT2D eigenvalue weighted by Gasteiger charge is -2.35. The molecular formula is C19H29ClN4O4S. The van der Waals surface area contributed by atoms with Crippen LogP contribution in [0, 0.1) is 0 Å². The molecule has 29 heavy (non-hydrogen) atoms. The first-order chi connectivity index (χ1) is 13.8. The zero-order chi connectivity index (χ0) is 21.4. The van der Waals surface area contributed by atoms with Gasteiger partial charge in [0.1, 0.15) is 4.90 Å². The summed E-state index contributed by atoms with van der Waals surface area (Å²) < 4.78 is 27.0. The first kappa shape index (κ1) is 23.6. The van der Waals surface area contributed by atoms with E-state index in [9.17, 15) is 18.0 Å². The van der Waals surface area contributed by atoms with E-state index < -0.39 is 10.0 Å². The highest BCUT2D eigenvalue weighted by Crippen LogP contribution is 2.20. The van der Waals surface area contributed by atoms with Crippen molar-refractivity contribution in [1.82, 2.24) is 19.4 Å². The topological polar surface area (TPSA) is 90.0 Å². The maximum atomic E-state index is 12.4. The van der Waals surface area contributed by atoms with Crippen LogP contribution in [-0.2, 0) is 19.6 Å². The van der Waals surface area contributed by atoms with E-state index in [-0.39, 0.29) is 34.7 Å². The molecule has 0 atom stereocenters. The standard InChI is InChI=1S/C19H29ClN4O4S/c1-3-23(4-2)19(26)15-22-11-13-24(14-12-22)18(25)9-10-21-29(27,28)17-8-6-5-7-16(17)20/h5-8,21H,3-4,9-15H2,1-2H3. The number of nitrogens with zero attached hydrogens (tertiary/aromatic N) is 3. The second kappa shape index (κ2) is 10.9. The monoisotopic (exact) mass is 444 g/mol. The van der Waals surface area contributed by atoms with Gasteiger partial charge in [-0.2, -0.15) is 0 Å². The van der Waals surface area contributed by atoms with E-state index >= 15 is 0 Å². The van der Waals surface area contributed by atoms with Crippen molar-refractivity contribution in [1.29, 1.82) is 0 Å². The van der Waals surface area contributed by atoms with E-state index in [0.29, 0.717) is 45.8 Å². The molecule has 1 aromatic carbocycles. The molecule has 1 aromatic rings. The number of piperazine rings is 1. The van der Waals surface area contributed by atoms with Gasteiger partial charge in [0.15, 0.2) is 0 Å². The molecule has 1 N–H and O–H groups in total. The highest BCUT2D eigenvalue weighted by atomic mass is 35.5. The van der Waals surface area contributed by atoms with Gasteiger partial charge in [-0.05, 0) is 26.0 Å². The third-order valence-electron chi connectivity index (χ3n) is 4.96. The van der Waals surface area contributed by atoms with Crippen molar-refractivity contribution in [2.45, 2.75) is 25.2 Å². The molecule has 162 valence electrons. The molecule has 2 rings (SSSR count). The number of hydrogen-bond acceptors (Lipinski definition) is 5. The molecule has 2 amide bonds. The van der Waals surface area contributed by atoms with Crippen LogP contribution < -0.4 is 4.72 Å². The zero-order valence-electron chi connectivity index (χ0n) is 16.9. The van der Waals surface area contributed by atoms with Crippen molar-refractivity contribution < 1.29 is 18.0 Å². The predicted octanol–water partition coefficient (Wildman–Crippen LogP) is 1.02. The largest absolute Gasteiger partial charge is 0.342 e. The fraction of sp³-hybridized carbons (Fsp3) is 0.579. The quantitative estimate of drug-likeness (QED) is 0.614. The Bertz CT molecular complexity index is 806. The van der Waals surface area contributed by atoms with Gasteiger partial charge in [0.25, 0.3) is 0 Å². The predicted molar refractivity (Wildman–Crippen MR) is 112 cm³/mol. The second-order valence-corrected chi connectivity index (χ2v) is 8.94.